The lowest BCUT2D eigenvalue weighted by atomic mass is 9.92. The fraction of sp³-hybridized carbons (Fsp3) is 0.467. The highest BCUT2D eigenvalue weighted by Crippen LogP contribution is 2.26. The summed E-state index contributed by atoms with van der Waals surface area (Å²) in [6.45, 7) is 5.80. The van der Waals surface area contributed by atoms with Crippen LogP contribution >= 0.6 is 11.6 Å². The lowest BCUT2D eigenvalue weighted by Crippen LogP contribution is -2.34. The molecule has 1 rings (SSSR count). The highest BCUT2D eigenvalue weighted by Gasteiger charge is 2.16. The second kappa shape index (κ2) is 7.31. The van der Waals surface area contributed by atoms with Crippen LogP contribution in [0.25, 0.3) is 0 Å². The Kier molecular flexibility index (Phi) is 6.03. The molecule has 2 amide bonds. The number of methoxy groups -OCH3 is 1. The first kappa shape index (κ1) is 17.3. The third-order valence-corrected chi connectivity index (χ3v) is 2.90. The van der Waals surface area contributed by atoms with Crippen molar-refractivity contribution >= 4 is 29.1 Å². The summed E-state index contributed by atoms with van der Waals surface area (Å²) in [5.41, 5.74) is 0.368. The molecular weight excluding hydrogens is 292 g/mol. The van der Waals surface area contributed by atoms with Crippen molar-refractivity contribution in [2.24, 2.45) is 5.41 Å². The molecule has 1 aromatic carbocycles. The van der Waals surface area contributed by atoms with Crippen LogP contribution in [0.2, 0.25) is 5.02 Å². The lowest BCUT2D eigenvalue weighted by Gasteiger charge is -2.17. The van der Waals surface area contributed by atoms with Gasteiger partial charge in [-0.1, -0.05) is 32.4 Å². The third kappa shape index (κ3) is 6.49. The van der Waals surface area contributed by atoms with Gasteiger partial charge in [0.2, 0.25) is 11.8 Å². The van der Waals surface area contributed by atoms with Gasteiger partial charge in [-0.3, -0.25) is 9.59 Å². The summed E-state index contributed by atoms with van der Waals surface area (Å²) in [6.07, 6.45) is 0.365. The summed E-state index contributed by atoms with van der Waals surface area (Å²) in [5, 5.41) is 5.60. The zero-order valence-electron chi connectivity index (χ0n) is 12.7. The van der Waals surface area contributed by atoms with Crippen molar-refractivity contribution < 1.29 is 14.3 Å². The molecule has 6 heteroatoms. The van der Waals surface area contributed by atoms with Crippen molar-refractivity contribution in [3.05, 3.63) is 23.2 Å². The number of benzene rings is 1. The average Bonchev–Trinajstić information content (AvgIpc) is 2.37. The number of carbonyl (C=O) groups is 2. The summed E-state index contributed by atoms with van der Waals surface area (Å²) >= 11 is 6.02. The van der Waals surface area contributed by atoms with Gasteiger partial charge in [-0.15, -0.1) is 0 Å². The van der Waals surface area contributed by atoms with E-state index in [2.05, 4.69) is 10.6 Å². The Morgan fingerprint density at radius 3 is 2.43 bits per heavy atom. The van der Waals surface area contributed by atoms with Crippen molar-refractivity contribution in [3.8, 4) is 5.75 Å². The van der Waals surface area contributed by atoms with E-state index in [0.717, 1.165) is 0 Å². The lowest BCUT2D eigenvalue weighted by molar-refractivity contribution is -0.125. The van der Waals surface area contributed by atoms with Crippen molar-refractivity contribution in [1.29, 1.82) is 0 Å². The van der Waals surface area contributed by atoms with Crippen molar-refractivity contribution in [3.63, 3.8) is 0 Å². The molecule has 0 aromatic heterocycles. The monoisotopic (exact) mass is 312 g/mol. The molecule has 0 bridgehead atoms. The maximum absolute atomic E-state index is 11.8. The van der Waals surface area contributed by atoms with Crippen LogP contribution in [0.1, 0.15) is 27.2 Å². The van der Waals surface area contributed by atoms with E-state index in [1.807, 2.05) is 20.8 Å². The van der Waals surface area contributed by atoms with E-state index in [9.17, 15) is 9.59 Å². The molecule has 0 aliphatic rings. The second-order valence-corrected chi connectivity index (χ2v) is 6.32. The Balaban J connectivity index is 2.49. The number of amides is 2. The fourth-order valence-corrected chi connectivity index (χ4v) is 1.86. The summed E-state index contributed by atoms with van der Waals surface area (Å²) < 4.78 is 5.03. The molecule has 1 aromatic rings. The molecule has 2 N–H and O–H groups in total. The van der Waals surface area contributed by atoms with E-state index < -0.39 is 0 Å². The highest BCUT2D eigenvalue weighted by atomic mass is 35.5. The number of hydrogen-bond acceptors (Lipinski definition) is 3. The van der Waals surface area contributed by atoms with Gasteiger partial charge in [0.05, 0.1) is 24.4 Å². The van der Waals surface area contributed by atoms with Gasteiger partial charge in [0.15, 0.2) is 0 Å². The number of ether oxygens (including phenoxy) is 1. The van der Waals surface area contributed by atoms with Gasteiger partial charge in [-0.05, 0) is 17.5 Å². The molecule has 0 aliphatic carbocycles. The predicted molar refractivity (Wildman–Crippen MR) is 83.7 cm³/mol. The second-order valence-electron chi connectivity index (χ2n) is 5.91. The molecule has 0 radical (unpaired) electrons. The van der Waals surface area contributed by atoms with E-state index in [1.165, 1.54) is 7.11 Å². The molecule has 0 spiro atoms. The van der Waals surface area contributed by atoms with E-state index in [4.69, 9.17) is 16.3 Å². The molecule has 5 nitrogen and oxygen atoms in total. The van der Waals surface area contributed by atoms with Crippen LogP contribution in [-0.4, -0.2) is 25.5 Å². The van der Waals surface area contributed by atoms with Crippen LogP contribution in [0.3, 0.4) is 0 Å². The van der Waals surface area contributed by atoms with Gasteiger partial charge in [-0.2, -0.15) is 0 Å². The van der Waals surface area contributed by atoms with Gasteiger partial charge in [0, 0.05) is 12.5 Å². The zero-order chi connectivity index (χ0) is 16.0. The van der Waals surface area contributed by atoms with Gasteiger partial charge in [0.1, 0.15) is 5.75 Å². The van der Waals surface area contributed by atoms with E-state index in [0.29, 0.717) is 22.9 Å². The topological polar surface area (TPSA) is 67.4 Å². The SMILES string of the molecule is COc1ccc(NC(=O)CNC(=O)CC(C)(C)C)c(Cl)c1. The Labute approximate surface area is 130 Å². The number of nitrogens with one attached hydrogen (secondary N) is 2. The predicted octanol–water partition coefficient (Wildman–Crippen LogP) is 2.84. The summed E-state index contributed by atoms with van der Waals surface area (Å²) in [5.74, 6) is 0.124. The molecule has 0 saturated carbocycles. The molecule has 21 heavy (non-hydrogen) atoms. The Morgan fingerprint density at radius 1 is 1.24 bits per heavy atom. The molecule has 0 heterocycles. The Bertz CT molecular complexity index is 524. The van der Waals surface area contributed by atoms with Crippen molar-refractivity contribution in [2.75, 3.05) is 19.0 Å². The van der Waals surface area contributed by atoms with Gasteiger partial charge >= 0.3 is 0 Å². The minimum absolute atomic E-state index is 0.0860. The number of hydrogen-bond donors (Lipinski definition) is 2. The van der Waals surface area contributed by atoms with Crippen LogP contribution in [0, 0.1) is 5.41 Å². The normalized spacial score (nSPS) is 10.9. The van der Waals surface area contributed by atoms with Gasteiger partial charge in [-0.25, -0.2) is 0 Å². The van der Waals surface area contributed by atoms with Crippen LogP contribution < -0.4 is 15.4 Å². The molecule has 0 fully saturated rings. The standard InChI is InChI=1S/C15H21ClN2O3/c1-15(2,3)8-13(19)17-9-14(20)18-12-6-5-10(21-4)7-11(12)16/h5-7H,8-9H2,1-4H3,(H,17,19)(H,18,20). The minimum Gasteiger partial charge on any atom is -0.497 e. The number of rotatable bonds is 5. The molecule has 0 atom stereocenters. The summed E-state index contributed by atoms with van der Waals surface area (Å²) in [4.78, 5) is 23.4. The fourth-order valence-electron chi connectivity index (χ4n) is 1.64. The molecule has 0 aliphatic heterocycles. The summed E-state index contributed by atoms with van der Waals surface area (Å²) in [7, 11) is 1.54. The molecule has 0 unspecified atom stereocenters. The van der Waals surface area contributed by atoms with Crippen LogP contribution in [0.5, 0.6) is 5.75 Å². The first-order valence-electron chi connectivity index (χ1n) is 6.61. The largest absolute Gasteiger partial charge is 0.497 e. The first-order chi connectivity index (χ1) is 9.71. The van der Waals surface area contributed by atoms with Crippen LogP contribution in [0.4, 0.5) is 5.69 Å². The first-order valence-corrected chi connectivity index (χ1v) is 6.99. The highest BCUT2D eigenvalue weighted by molar-refractivity contribution is 6.33. The third-order valence-electron chi connectivity index (χ3n) is 2.59. The number of carbonyl (C=O) groups excluding carboxylic acids is 2. The Hall–Kier alpha value is -1.75. The summed E-state index contributed by atoms with van der Waals surface area (Å²) in [6, 6.07) is 4.95. The minimum atomic E-state index is -0.329. The van der Waals surface area contributed by atoms with Gasteiger partial charge in [0.25, 0.3) is 0 Å². The Morgan fingerprint density at radius 2 is 1.90 bits per heavy atom. The van der Waals surface area contributed by atoms with Crippen LogP contribution in [-0.2, 0) is 9.59 Å². The quantitative estimate of drug-likeness (QED) is 0.878. The number of halogens is 1. The maximum Gasteiger partial charge on any atom is 0.243 e. The van der Waals surface area contributed by atoms with Crippen molar-refractivity contribution in [2.45, 2.75) is 27.2 Å². The van der Waals surface area contributed by atoms with E-state index in [-0.39, 0.29) is 23.8 Å². The van der Waals surface area contributed by atoms with E-state index in [1.54, 1.807) is 18.2 Å². The average molecular weight is 313 g/mol. The smallest absolute Gasteiger partial charge is 0.243 e. The zero-order valence-corrected chi connectivity index (χ0v) is 13.5. The molecular formula is C15H21ClN2O3. The maximum atomic E-state index is 11.8. The van der Waals surface area contributed by atoms with E-state index >= 15 is 0 Å². The van der Waals surface area contributed by atoms with Crippen molar-refractivity contribution in [1.82, 2.24) is 5.32 Å². The van der Waals surface area contributed by atoms with Crippen LogP contribution in [0.15, 0.2) is 18.2 Å². The number of anilines is 1. The molecule has 0 saturated heterocycles. The van der Waals surface area contributed by atoms with Gasteiger partial charge < -0.3 is 15.4 Å². The molecule has 116 valence electrons.